The van der Waals surface area contributed by atoms with E-state index >= 15 is 0 Å². The molecule has 0 aromatic heterocycles. The summed E-state index contributed by atoms with van der Waals surface area (Å²) < 4.78 is 0. The van der Waals surface area contributed by atoms with Crippen LogP contribution in [0.2, 0.25) is 0 Å². The van der Waals surface area contributed by atoms with Crippen molar-refractivity contribution in [3.63, 3.8) is 0 Å². The predicted molar refractivity (Wildman–Crippen MR) is 89.1 cm³/mol. The standard InChI is InChI=1S/C15H30N4O.ClH/c1-14(2,3)17-13(20)19-9-7-18(8-10-19)12-15(4)5-6-16-11-15;/h16H,5-12H2,1-4H3,(H,17,20);1H. The van der Waals surface area contributed by atoms with Crippen molar-refractivity contribution >= 4 is 18.4 Å². The Bertz CT molecular complexity index is 342. The Balaban J connectivity index is 0.00000220. The molecule has 2 heterocycles. The maximum atomic E-state index is 12.1. The molecule has 2 amide bonds. The summed E-state index contributed by atoms with van der Waals surface area (Å²) in [5.41, 5.74) is 0.257. The molecule has 2 aliphatic heterocycles. The molecule has 0 aromatic rings. The van der Waals surface area contributed by atoms with Crippen LogP contribution in [-0.4, -0.2) is 67.2 Å². The van der Waals surface area contributed by atoms with Crippen molar-refractivity contribution in [3.8, 4) is 0 Å². The lowest BCUT2D eigenvalue weighted by Gasteiger charge is -2.39. The summed E-state index contributed by atoms with van der Waals surface area (Å²) >= 11 is 0. The van der Waals surface area contributed by atoms with E-state index in [2.05, 4.69) is 22.5 Å². The second-order valence-corrected chi connectivity index (χ2v) is 7.68. The molecule has 124 valence electrons. The van der Waals surface area contributed by atoms with Crippen LogP contribution in [0.5, 0.6) is 0 Å². The van der Waals surface area contributed by atoms with Crippen molar-refractivity contribution in [2.24, 2.45) is 5.41 Å². The normalized spacial score (nSPS) is 27.3. The molecule has 1 unspecified atom stereocenters. The Labute approximate surface area is 135 Å². The Morgan fingerprint density at radius 3 is 2.33 bits per heavy atom. The van der Waals surface area contributed by atoms with Gasteiger partial charge in [-0.2, -0.15) is 0 Å². The molecule has 0 aliphatic carbocycles. The SMILES string of the molecule is CC1(CN2CCN(C(=O)NC(C)(C)C)CC2)CCNC1.Cl. The van der Waals surface area contributed by atoms with Gasteiger partial charge in [0.2, 0.25) is 0 Å². The summed E-state index contributed by atoms with van der Waals surface area (Å²) in [5, 5.41) is 6.50. The quantitative estimate of drug-likeness (QED) is 0.812. The van der Waals surface area contributed by atoms with Gasteiger partial charge in [-0.1, -0.05) is 6.92 Å². The molecule has 2 rings (SSSR count). The molecule has 2 aliphatic rings. The van der Waals surface area contributed by atoms with E-state index in [0.717, 1.165) is 45.8 Å². The van der Waals surface area contributed by atoms with Crippen LogP contribution in [0.25, 0.3) is 0 Å². The highest BCUT2D eigenvalue weighted by molar-refractivity contribution is 5.85. The molecular weight excluding hydrogens is 288 g/mol. The van der Waals surface area contributed by atoms with Gasteiger partial charge in [-0.3, -0.25) is 4.90 Å². The number of amides is 2. The average Bonchev–Trinajstić information content (AvgIpc) is 2.74. The highest BCUT2D eigenvalue weighted by Crippen LogP contribution is 2.26. The number of nitrogens with zero attached hydrogens (tertiary/aromatic N) is 2. The van der Waals surface area contributed by atoms with Crippen molar-refractivity contribution in [2.45, 2.75) is 39.7 Å². The van der Waals surface area contributed by atoms with E-state index < -0.39 is 0 Å². The molecule has 2 N–H and O–H groups in total. The molecule has 21 heavy (non-hydrogen) atoms. The van der Waals surface area contributed by atoms with Crippen LogP contribution >= 0.6 is 12.4 Å². The number of piperazine rings is 1. The summed E-state index contributed by atoms with van der Waals surface area (Å²) in [6.45, 7) is 15.5. The number of nitrogens with one attached hydrogen (secondary N) is 2. The lowest BCUT2D eigenvalue weighted by Crippen LogP contribution is -2.56. The maximum Gasteiger partial charge on any atom is 0.317 e. The number of carbonyl (C=O) groups is 1. The van der Waals surface area contributed by atoms with Gasteiger partial charge in [0, 0.05) is 44.8 Å². The summed E-state index contributed by atoms with van der Waals surface area (Å²) in [4.78, 5) is 16.6. The summed E-state index contributed by atoms with van der Waals surface area (Å²) in [6, 6.07) is 0.0749. The highest BCUT2D eigenvalue weighted by Gasteiger charge is 2.32. The third-order valence-corrected chi connectivity index (χ3v) is 4.20. The fraction of sp³-hybridized carbons (Fsp3) is 0.933. The van der Waals surface area contributed by atoms with E-state index in [-0.39, 0.29) is 24.0 Å². The van der Waals surface area contributed by atoms with Gasteiger partial charge in [-0.25, -0.2) is 4.79 Å². The Morgan fingerprint density at radius 2 is 1.86 bits per heavy atom. The molecule has 0 bridgehead atoms. The number of rotatable bonds is 2. The minimum atomic E-state index is -0.156. The molecule has 0 saturated carbocycles. The largest absolute Gasteiger partial charge is 0.333 e. The topological polar surface area (TPSA) is 47.6 Å². The fourth-order valence-electron chi connectivity index (χ4n) is 3.05. The van der Waals surface area contributed by atoms with E-state index in [1.165, 1.54) is 6.42 Å². The maximum absolute atomic E-state index is 12.1. The van der Waals surface area contributed by atoms with Crippen molar-refractivity contribution in [1.29, 1.82) is 0 Å². The van der Waals surface area contributed by atoms with Crippen molar-refractivity contribution in [1.82, 2.24) is 20.4 Å². The van der Waals surface area contributed by atoms with Gasteiger partial charge in [0.15, 0.2) is 0 Å². The molecule has 0 radical (unpaired) electrons. The van der Waals surface area contributed by atoms with Crippen molar-refractivity contribution in [3.05, 3.63) is 0 Å². The van der Waals surface area contributed by atoms with Crippen LogP contribution in [0.3, 0.4) is 0 Å². The van der Waals surface area contributed by atoms with Crippen molar-refractivity contribution < 1.29 is 4.79 Å². The van der Waals surface area contributed by atoms with Crippen LogP contribution < -0.4 is 10.6 Å². The zero-order chi connectivity index (χ0) is 14.8. The van der Waals surface area contributed by atoms with Gasteiger partial charge >= 0.3 is 6.03 Å². The second-order valence-electron chi connectivity index (χ2n) is 7.68. The van der Waals surface area contributed by atoms with E-state index in [1.54, 1.807) is 0 Å². The Kier molecular flexibility index (Phi) is 6.32. The van der Waals surface area contributed by atoms with Gasteiger partial charge in [-0.15, -0.1) is 12.4 Å². The van der Waals surface area contributed by atoms with Gasteiger partial charge in [0.25, 0.3) is 0 Å². The smallest absolute Gasteiger partial charge is 0.317 e. The van der Waals surface area contributed by atoms with E-state index in [4.69, 9.17) is 0 Å². The minimum absolute atomic E-state index is 0. The number of hydrogen-bond donors (Lipinski definition) is 2. The molecule has 6 heteroatoms. The van der Waals surface area contributed by atoms with E-state index in [1.807, 2.05) is 25.7 Å². The van der Waals surface area contributed by atoms with Crippen LogP contribution in [0.15, 0.2) is 0 Å². The molecule has 0 spiro atoms. The van der Waals surface area contributed by atoms with Crippen LogP contribution in [0, 0.1) is 5.41 Å². The van der Waals surface area contributed by atoms with Crippen LogP contribution in [0.4, 0.5) is 4.79 Å². The van der Waals surface area contributed by atoms with E-state index in [9.17, 15) is 4.79 Å². The molecule has 2 saturated heterocycles. The molecular formula is C15H31ClN4O. The molecule has 5 nitrogen and oxygen atoms in total. The first-order chi connectivity index (χ1) is 9.27. The Morgan fingerprint density at radius 1 is 1.24 bits per heavy atom. The first-order valence-electron chi connectivity index (χ1n) is 7.78. The van der Waals surface area contributed by atoms with E-state index in [0.29, 0.717) is 5.41 Å². The lowest BCUT2D eigenvalue weighted by atomic mass is 9.89. The predicted octanol–water partition coefficient (Wildman–Crippen LogP) is 1.53. The number of urea groups is 1. The van der Waals surface area contributed by atoms with Crippen molar-refractivity contribution in [2.75, 3.05) is 45.8 Å². The highest BCUT2D eigenvalue weighted by atomic mass is 35.5. The number of carbonyl (C=O) groups excluding carboxylic acids is 1. The van der Waals surface area contributed by atoms with Gasteiger partial charge in [0.05, 0.1) is 0 Å². The average molecular weight is 319 g/mol. The van der Waals surface area contributed by atoms with Crippen LogP contribution in [0.1, 0.15) is 34.1 Å². The second kappa shape index (κ2) is 7.16. The molecule has 1 atom stereocenters. The molecule has 0 aromatic carbocycles. The summed E-state index contributed by atoms with van der Waals surface area (Å²) in [6.07, 6.45) is 1.26. The van der Waals surface area contributed by atoms with Crippen LogP contribution in [-0.2, 0) is 0 Å². The Hall–Kier alpha value is -0.520. The monoisotopic (exact) mass is 318 g/mol. The first kappa shape index (κ1) is 18.5. The first-order valence-corrected chi connectivity index (χ1v) is 7.78. The summed E-state index contributed by atoms with van der Waals surface area (Å²) in [7, 11) is 0. The third kappa shape index (κ3) is 5.64. The van der Waals surface area contributed by atoms with Gasteiger partial charge < -0.3 is 15.5 Å². The third-order valence-electron chi connectivity index (χ3n) is 4.20. The zero-order valence-electron chi connectivity index (χ0n) is 13.9. The zero-order valence-corrected chi connectivity index (χ0v) is 14.7. The number of halogens is 1. The number of hydrogen-bond acceptors (Lipinski definition) is 3. The lowest BCUT2D eigenvalue weighted by molar-refractivity contribution is 0.105. The van der Waals surface area contributed by atoms with Gasteiger partial charge in [-0.05, 0) is 39.2 Å². The molecule has 2 fully saturated rings. The van der Waals surface area contributed by atoms with Gasteiger partial charge in [0.1, 0.15) is 0 Å². The minimum Gasteiger partial charge on any atom is -0.333 e. The fourth-order valence-corrected chi connectivity index (χ4v) is 3.05. The summed E-state index contributed by atoms with van der Waals surface area (Å²) in [5.74, 6) is 0.